The van der Waals surface area contributed by atoms with Gasteiger partial charge in [-0.05, 0) is 55.9 Å². The quantitative estimate of drug-likeness (QED) is 0.557. The van der Waals surface area contributed by atoms with Crippen molar-refractivity contribution in [3.63, 3.8) is 0 Å². The van der Waals surface area contributed by atoms with Crippen LogP contribution in [0.15, 0.2) is 60.7 Å². The summed E-state index contributed by atoms with van der Waals surface area (Å²) < 4.78 is 0. The van der Waals surface area contributed by atoms with Gasteiger partial charge in [-0.15, -0.1) is 0 Å². The molecule has 0 bridgehead atoms. The maximum Gasteiger partial charge on any atom is 0.251 e. The molecule has 3 fully saturated rings. The Balaban J connectivity index is 1.34. The number of anilines is 1. The number of amides is 4. The van der Waals surface area contributed by atoms with E-state index in [1.807, 2.05) is 53.4 Å². The molecule has 40 heavy (non-hydrogen) atoms. The third-order valence-corrected chi connectivity index (χ3v) is 8.81. The van der Waals surface area contributed by atoms with E-state index in [2.05, 4.69) is 15.5 Å². The number of hydrogen-bond acceptors (Lipinski definition) is 5. The van der Waals surface area contributed by atoms with E-state index in [0.717, 1.165) is 37.8 Å². The topological polar surface area (TPSA) is 102 Å². The summed E-state index contributed by atoms with van der Waals surface area (Å²) in [6.45, 7) is 1.14. The molecule has 2 aliphatic heterocycles. The Morgan fingerprint density at radius 2 is 1.55 bits per heavy atom. The Morgan fingerprint density at radius 3 is 2.17 bits per heavy atom. The average molecular weight is 546 g/mol. The van der Waals surface area contributed by atoms with Crippen LogP contribution < -0.4 is 15.5 Å². The number of piperidine rings is 1. The van der Waals surface area contributed by atoms with E-state index >= 15 is 0 Å². The molecule has 3 aliphatic rings. The molecule has 2 saturated heterocycles. The molecule has 0 aromatic heterocycles. The molecule has 9 nitrogen and oxygen atoms in total. The molecule has 0 radical (unpaired) electrons. The highest BCUT2D eigenvalue weighted by molar-refractivity contribution is 5.98. The van der Waals surface area contributed by atoms with Gasteiger partial charge in [0.15, 0.2) is 0 Å². The third kappa shape index (κ3) is 5.55. The summed E-state index contributed by atoms with van der Waals surface area (Å²) in [6.07, 6.45) is 6.01. The summed E-state index contributed by atoms with van der Waals surface area (Å²) in [5.41, 5.74) is 0.643. The first kappa shape index (κ1) is 27.7. The van der Waals surface area contributed by atoms with Gasteiger partial charge in [0, 0.05) is 31.4 Å². The van der Waals surface area contributed by atoms with Crippen LogP contribution in [-0.2, 0) is 14.4 Å². The second kappa shape index (κ2) is 12.1. The molecule has 2 N–H and O–H groups in total. The second-order valence-electron chi connectivity index (χ2n) is 11.2. The number of benzene rings is 2. The van der Waals surface area contributed by atoms with Crippen LogP contribution in [-0.4, -0.2) is 78.4 Å². The van der Waals surface area contributed by atoms with Gasteiger partial charge in [0.2, 0.25) is 11.8 Å². The predicted molar refractivity (Wildman–Crippen MR) is 152 cm³/mol. The highest BCUT2D eigenvalue weighted by Crippen LogP contribution is 2.40. The van der Waals surface area contributed by atoms with Crippen LogP contribution in [0.3, 0.4) is 0 Å². The molecule has 1 spiro atoms. The van der Waals surface area contributed by atoms with Crippen LogP contribution in [0.4, 0.5) is 5.69 Å². The number of likely N-dealkylation sites (tertiary alicyclic amines) is 1. The molecule has 0 unspecified atom stereocenters. The van der Waals surface area contributed by atoms with Crippen molar-refractivity contribution in [3.05, 3.63) is 66.2 Å². The van der Waals surface area contributed by atoms with Gasteiger partial charge in [-0.25, -0.2) is 0 Å². The highest BCUT2D eigenvalue weighted by atomic mass is 16.2. The Kier molecular flexibility index (Phi) is 8.38. The lowest BCUT2D eigenvalue weighted by atomic mass is 9.81. The zero-order valence-corrected chi connectivity index (χ0v) is 23.2. The van der Waals surface area contributed by atoms with Crippen molar-refractivity contribution in [2.75, 3.05) is 38.3 Å². The van der Waals surface area contributed by atoms with Crippen LogP contribution in [0.2, 0.25) is 0 Å². The van der Waals surface area contributed by atoms with Crippen molar-refractivity contribution in [3.8, 4) is 0 Å². The molecule has 1 aliphatic carbocycles. The van der Waals surface area contributed by atoms with Crippen molar-refractivity contribution in [2.24, 2.45) is 5.92 Å². The Labute approximate surface area is 235 Å². The largest absolute Gasteiger partial charge is 0.358 e. The fourth-order valence-electron chi connectivity index (χ4n) is 6.53. The lowest BCUT2D eigenvalue weighted by Crippen LogP contribution is -2.60. The Hall–Kier alpha value is -3.88. The molecule has 2 aromatic carbocycles. The molecule has 5 rings (SSSR count). The Bertz CT molecular complexity index is 1210. The van der Waals surface area contributed by atoms with E-state index in [1.54, 1.807) is 24.1 Å². The van der Waals surface area contributed by atoms with Crippen LogP contribution >= 0.6 is 0 Å². The minimum atomic E-state index is -0.820. The van der Waals surface area contributed by atoms with Crippen molar-refractivity contribution in [1.82, 2.24) is 20.4 Å². The first-order valence-electron chi connectivity index (χ1n) is 14.4. The zero-order valence-electron chi connectivity index (χ0n) is 23.2. The van der Waals surface area contributed by atoms with Crippen molar-refractivity contribution >= 4 is 29.3 Å². The van der Waals surface area contributed by atoms with Crippen LogP contribution in [0.1, 0.15) is 55.3 Å². The minimum absolute atomic E-state index is 0.00165. The molecular formula is C31H39N5O4. The maximum absolute atomic E-state index is 14.0. The molecule has 9 heteroatoms. The van der Waals surface area contributed by atoms with Gasteiger partial charge < -0.3 is 25.3 Å². The number of para-hydroxylation sites is 1. The normalized spacial score (nSPS) is 19.9. The maximum atomic E-state index is 14.0. The lowest BCUT2D eigenvalue weighted by Gasteiger charge is -2.44. The number of nitrogens with one attached hydrogen (secondary N) is 2. The summed E-state index contributed by atoms with van der Waals surface area (Å²) in [5.74, 6) is -0.487. The zero-order chi connectivity index (χ0) is 28.1. The van der Waals surface area contributed by atoms with Crippen molar-refractivity contribution in [1.29, 1.82) is 0 Å². The van der Waals surface area contributed by atoms with Gasteiger partial charge in [-0.2, -0.15) is 0 Å². The monoisotopic (exact) mass is 545 g/mol. The van der Waals surface area contributed by atoms with E-state index in [4.69, 9.17) is 0 Å². The van der Waals surface area contributed by atoms with Gasteiger partial charge in [-0.1, -0.05) is 55.7 Å². The molecule has 2 aromatic rings. The molecule has 4 amide bonds. The van der Waals surface area contributed by atoms with Gasteiger partial charge in [-0.3, -0.25) is 19.2 Å². The van der Waals surface area contributed by atoms with E-state index in [0.29, 0.717) is 38.2 Å². The lowest BCUT2D eigenvalue weighted by molar-refractivity contribution is -0.141. The SMILES string of the molecule is CNC(=O)CN1CN(c2ccccc2)C2(CCN(C(=O)[C@H](NC(=O)c3ccccc3)C3CCCCC3)CC2)C1=O. The molecule has 2 heterocycles. The van der Waals surface area contributed by atoms with Crippen molar-refractivity contribution in [2.45, 2.75) is 56.5 Å². The molecule has 1 atom stereocenters. The van der Waals surface area contributed by atoms with Gasteiger partial charge in [0.1, 0.15) is 18.1 Å². The van der Waals surface area contributed by atoms with Crippen molar-refractivity contribution < 1.29 is 19.2 Å². The number of nitrogens with zero attached hydrogens (tertiary/aromatic N) is 3. The summed E-state index contributed by atoms with van der Waals surface area (Å²) in [7, 11) is 1.57. The van der Waals surface area contributed by atoms with Gasteiger partial charge in [0.25, 0.3) is 11.8 Å². The number of likely N-dealkylation sites (N-methyl/N-ethyl adjacent to an activating group) is 1. The van der Waals surface area contributed by atoms with Crippen LogP contribution in [0.5, 0.6) is 0 Å². The number of carbonyl (C=O) groups is 4. The number of rotatable bonds is 7. The number of carbonyl (C=O) groups excluding carboxylic acids is 4. The summed E-state index contributed by atoms with van der Waals surface area (Å²) >= 11 is 0. The fourth-order valence-corrected chi connectivity index (χ4v) is 6.53. The van der Waals surface area contributed by atoms with E-state index in [-0.39, 0.29) is 36.1 Å². The molecule has 212 valence electrons. The predicted octanol–water partition coefficient (Wildman–Crippen LogP) is 2.78. The Morgan fingerprint density at radius 1 is 0.925 bits per heavy atom. The first-order chi connectivity index (χ1) is 19.4. The van der Waals surface area contributed by atoms with E-state index < -0.39 is 11.6 Å². The molecule has 1 saturated carbocycles. The highest BCUT2D eigenvalue weighted by Gasteiger charge is 2.54. The summed E-state index contributed by atoms with van der Waals surface area (Å²) in [6, 6.07) is 18.2. The second-order valence-corrected chi connectivity index (χ2v) is 11.2. The first-order valence-corrected chi connectivity index (χ1v) is 14.4. The molecular weight excluding hydrogens is 506 g/mol. The van der Waals surface area contributed by atoms with Gasteiger partial charge in [0.05, 0.1) is 6.67 Å². The van der Waals surface area contributed by atoms with Crippen LogP contribution in [0.25, 0.3) is 0 Å². The van der Waals surface area contributed by atoms with Crippen LogP contribution in [0, 0.1) is 5.92 Å². The average Bonchev–Trinajstić information content (AvgIpc) is 3.27. The van der Waals surface area contributed by atoms with E-state index in [1.165, 1.54) is 0 Å². The number of hydrogen-bond donors (Lipinski definition) is 2. The minimum Gasteiger partial charge on any atom is -0.358 e. The smallest absolute Gasteiger partial charge is 0.251 e. The van der Waals surface area contributed by atoms with E-state index in [9.17, 15) is 19.2 Å². The summed E-state index contributed by atoms with van der Waals surface area (Å²) in [4.78, 5) is 58.6. The summed E-state index contributed by atoms with van der Waals surface area (Å²) in [5, 5.41) is 5.69. The standard InChI is InChI=1S/C31H39N5O4/c1-32-26(37)21-35-22-36(25-15-9-4-10-16-25)31(30(35)40)17-19-34(20-18-31)29(39)27(23-11-5-2-6-12-23)33-28(38)24-13-7-3-8-14-24/h3-4,7-10,13-16,23,27H,2,5-6,11-12,17-22H2,1H3,(H,32,37)(H,33,38)/t27-/m1/s1. The van der Waals surface area contributed by atoms with Gasteiger partial charge >= 0.3 is 0 Å². The fraction of sp³-hybridized carbons (Fsp3) is 0.484. The third-order valence-electron chi connectivity index (χ3n) is 8.81.